The molecule has 0 saturated heterocycles. The van der Waals surface area contributed by atoms with E-state index in [2.05, 4.69) is 10.2 Å². The molecule has 0 spiro atoms. The van der Waals surface area contributed by atoms with Crippen LogP contribution in [0, 0.1) is 0 Å². The summed E-state index contributed by atoms with van der Waals surface area (Å²) in [6, 6.07) is 22.1. The van der Waals surface area contributed by atoms with Crippen LogP contribution in [0.3, 0.4) is 0 Å². The van der Waals surface area contributed by atoms with Crippen LogP contribution in [0.25, 0.3) is 0 Å². The number of sulfonamides is 1. The highest BCUT2D eigenvalue weighted by atomic mass is 32.2. The number of nitrogens with zero attached hydrogens (tertiary/aromatic N) is 4. The van der Waals surface area contributed by atoms with Gasteiger partial charge in [0.2, 0.25) is 10.0 Å². The van der Waals surface area contributed by atoms with E-state index in [1.54, 1.807) is 46.9 Å². The predicted molar refractivity (Wildman–Crippen MR) is 136 cm³/mol. The summed E-state index contributed by atoms with van der Waals surface area (Å²) in [6.07, 6.45) is 0. The Bertz CT molecular complexity index is 1240. The summed E-state index contributed by atoms with van der Waals surface area (Å²) in [5.74, 6) is 0. The van der Waals surface area contributed by atoms with Gasteiger partial charge in [0.1, 0.15) is 0 Å². The Kier molecular flexibility index (Phi) is 7.34. The summed E-state index contributed by atoms with van der Waals surface area (Å²) in [5, 5.41) is 12.4. The largest absolute Gasteiger partial charge is 0.378 e. The third-order valence-corrected chi connectivity index (χ3v) is 8.47. The van der Waals surface area contributed by atoms with Crippen molar-refractivity contribution in [2.24, 2.45) is 10.2 Å². The molecule has 0 amide bonds. The van der Waals surface area contributed by atoms with E-state index in [0.717, 1.165) is 21.1 Å². The maximum Gasteiger partial charge on any atom is 0.243 e. The second-order valence-electron chi connectivity index (χ2n) is 7.54. The van der Waals surface area contributed by atoms with E-state index >= 15 is 0 Å². The quantitative estimate of drug-likeness (QED) is 0.243. The van der Waals surface area contributed by atoms with Crippen molar-refractivity contribution in [3.05, 3.63) is 93.3 Å². The molecule has 0 N–H and O–H groups in total. The molecule has 170 valence electrons. The van der Waals surface area contributed by atoms with Gasteiger partial charge < -0.3 is 4.90 Å². The third-order valence-electron chi connectivity index (χ3n) is 4.95. The molecule has 2 aromatic heterocycles. The second kappa shape index (κ2) is 10.4. The molecule has 0 saturated carbocycles. The fraction of sp³-hybridized carbons (Fsp3) is 0.167. The van der Waals surface area contributed by atoms with Crippen molar-refractivity contribution in [1.82, 2.24) is 4.31 Å². The topological polar surface area (TPSA) is 65.3 Å². The van der Waals surface area contributed by atoms with Gasteiger partial charge >= 0.3 is 0 Å². The summed E-state index contributed by atoms with van der Waals surface area (Å²) < 4.78 is 28.4. The SMILES string of the molecule is CN(C)c1ccc(N=Nc2ccc(S(=O)(=O)N(Cc3cccs3)Cc3cccs3)cc2)cc1. The number of hydrogen-bond acceptors (Lipinski definition) is 7. The minimum atomic E-state index is -3.68. The standard InChI is InChI=1S/C24H24N4O2S3/c1-27(2)21-11-7-19(8-12-21)25-26-20-9-13-24(14-10-20)33(29,30)28(17-22-5-3-15-31-22)18-23-6-4-16-32-23/h3-16H,17-18H2,1-2H3. The Morgan fingerprint density at radius 2 is 1.21 bits per heavy atom. The Morgan fingerprint density at radius 1 is 0.727 bits per heavy atom. The minimum absolute atomic E-state index is 0.241. The number of rotatable bonds is 9. The molecule has 0 aliphatic rings. The smallest absolute Gasteiger partial charge is 0.243 e. The lowest BCUT2D eigenvalue weighted by molar-refractivity contribution is 0.407. The minimum Gasteiger partial charge on any atom is -0.378 e. The maximum atomic E-state index is 13.4. The number of azo groups is 1. The van der Waals surface area contributed by atoms with Crippen LogP contribution in [-0.4, -0.2) is 26.8 Å². The summed E-state index contributed by atoms with van der Waals surface area (Å²) in [7, 11) is 0.280. The summed E-state index contributed by atoms with van der Waals surface area (Å²) in [6.45, 7) is 0.671. The fourth-order valence-corrected chi connectivity index (χ4v) is 6.14. The summed E-state index contributed by atoms with van der Waals surface area (Å²) >= 11 is 3.10. The average molecular weight is 497 g/mol. The highest BCUT2D eigenvalue weighted by Crippen LogP contribution is 2.27. The van der Waals surface area contributed by atoms with Gasteiger partial charge in [-0.1, -0.05) is 12.1 Å². The fourth-order valence-electron chi connectivity index (χ4n) is 3.15. The Balaban J connectivity index is 1.52. The van der Waals surface area contributed by atoms with E-state index in [0.29, 0.717) is 18.8 Å². The van der Waals surface area contributed by atoms with Crippen molar-refractivity contribution >= 4 is 49.8 Å². The first-order chi connectivity index (χ1) is 15.9. The molecule has 2 aromatic carbocycles. The zero-order chi connectivity index (χ0) is 23.3. The summed E-state index contributed by atoms with van der Waals surface area (Å²) in [4.78, 5) is 4.26. The van der Waals surface area contributed by atoms with E-state index in [-0.39, 0.29) is 4.90 Å². The van der Waals surface area contributed by atoms with E-state index in [1.165, 1.54) is 4.31 Å². The van der Waals surface area contributed by atoms with Crippen LogP contribution in [0.1, 0.15) is 9.75 Å². The van der Waals surface area contributed by atoms with Crippen LogP contribution >= 0.6 is 22.7 Å². The molecule has 0 atom stereocenters. The lowest BCUT2D eigenvalue weighted by Crippen LogP contribution is -2.29. The van der Waals surface area contributed by atoms with E-state index in [9.17, 15) is 8.42 Å². The predicted octanol–water partition coefficient (Wildman–Crippen LogP) is 6.68. The van der Waals surface area contributed by atoms with Gasteiger partial charge in [-0.15, -0.1) is 22.7 Å². The number of thiophene rings is 2. The number of anilines is 1. The highest BCUT2D eigenvalue weighted by molar-refractivity contribution is 7.89. The lowest BCUT2D eigenvalue weighted by Gasteiger charge is -2.21. The van der Waals surface area contributed by atoms with Gasteiger partial charge in [0.05, 0.1) is 16.3 Å². The molecule has 4 aromatic rings. The first-order valence-corrected chi connectivity index (χ1v) is 13.5. The molecular weight excluding hydrogens is 472 g/mol. The van der Waals surface area contributed by atoms with Crippen molar-refractivity contribution in [2.45, 2.75) is 18.0 Å². The van der Waals surface area contributed by atoms with Crippen molar-refractivity contribution < 1.29 is 8.42 Å². The zero-order valence-corrected chi connectivity index (χ0v) is 20.8. The van der Waals surface area contributed by atoms with Gasteiger partial charge in [0, 0.05) is 42.6 Å². The van der Waals surface area contributed by atoms with Gasteiger partial charge in [-0.25, -0.2) is 8.42 Å². The third kappa shape index (κ3) is 5.94. The van der Waals surface area contributed by atoms with Crippen molar-refractivity contribution in [3.63, 3.8) is 0 Å². The van der Waals surface area contributed by atoms with E-state index in [1.807, 2.05) is 78.3 Å². The molecule has 6 nitrogen and oxygen atoms in total. The van der Waals surface area contributed by atoms with Gasteiger partial charge in [-0.05, 0) is 71.4 Å². The van der Waals surface area contributed by atoms with Gasteiger partial charge in [0.15, 0.2) is 0 Å². The Labute approximate surface area is 202 Å². The highest BCUT2D eigenvalue weighted by Gasteiger charge is 2.25. The lowest BCUT2D eigenvalue weighted by atomic mass is 10.3. The molecule has 33 heavy (non-hydrogen) atoms. The van der Waals surface area contributed by atoms with Gasteiger partial charge in [-0.2, -0.15) is 14.5 Å². The van der Waals surface area contributed by atoms with Crippen LogP contribution in [0.15, 0.2) is 98.7 Å². The van der Waals surface area contributed by atoms with Crippen LogP contribution in [0.4, 0.5) is 17.1 Å². The first-order valence-electron chi connectivity index (χ1n) is 10.3. The second-order valence-corrected chi connectivity index (χ2v) is 11.5. The first kappa shape index (κ1) is 23.3. The van der Waals surface area contributed by atoms with Crippen LogP contribution in [0.2, 0.25) is 0 Å². The molecule has 0 bridgehead atoms. The van der Waals surface area contributed by atoms with Crippen LogP contribution in [0.5, 0.6) is 0 Å². The molecule has 0 aliphatic heterocycles. The zero-order valence-electron chi connectivity index (χ0n) is 18.3. The Morgan fingerprint density at radius 3 is 1.64 bits per heavy atom. The monoisotopic (exact) mass is 496 g/mol. The molecule has 0 fully saturated rings. The van der Waals surface area contributed by atoms with Crippen molar-refractivity contribution in [2.75, 3.05) is 19.0 Å². The molecular formula is C24H24N4O2S3. The van der Waals surface area contributed by atoms with Gasteiger partial charge in [0.25, 0.3) is 0 Å². The average Bonchev–Trinajstić information content (AvgIpc) is 3.52. The van der Waals surface area contributed by atoms with Crippen LogP contribution in [-0.2, 0) is 23.1 Å². The number of hydrogen-bond donors (Lipinski definition) is 0. The molecule has 4 rings (SSSR count). The van der Waals surface area contributed by atoms with Crippen molar-refractivity contribution in [3.8, 4) is 0 Å². The van der Waals surface area contributed by atoms with Gasteiger partial charge in [-0.3, -0.25) is 0 Å². The van der Waals surface area contributed by atoms with Crippen molar-refractivity contribution in [1.29, 1.82) is 0 Å². The molecule has 0 unspecified atom stereocenters. The van der Waals surface area contributed by atoms with Crippen LogP contribution < -0.4 is 4.90 Å². The molecule has 9 heteroatoms. The number of benzene rings is 2. The maximum absolute atomic E-state index is 13.4. The molecule has 0 radical (unpaired) electrons. The molecule has 2 heterocycles. The summed E-state index contributed by atoms with van der Waals surface area (Å²) in [5.41, 5.74) is 2.40. The van der Waals surface area contributed by atoms with E-state index < -0.39 is 10.0 Å². The van der Waals surface area contributed by atoms with E-state index in [4.69, 9.17) is 0 Å². The normalized spacial score (nSPS) is 12.0. The Hall–Kier alpha value is -2.85. The molecule has 0 aliphatic carbocycles.